The van der Waals surface area contributed by atoms with Crippen LogP contribution in [0.5, 0.6) is 0 Å². The highest BCUT2D eigenvalue weighted by molar-refractivity contribution is 5.93. The summed E-state index contributed by atoms with van der Waals surface area (Å²) in [6.45, 7) is 3.62. The minimum Gasteiger partial charge on any atom is -0.326 e. The molecule has 3 nitrogen and oxygen atoms in total. The number of amides is 1. The second-order valence-electron chi connectivity index (χ2n) is 5.76. The molecule has 1 aromatic rings. The standard InChI is InChI=1S/C15H21FN2O.ClH/c1-10-9-11(6-7-13(10)16)18-14(19)12-5-3-4-8-15(12,2)17;/h6-7,9,12H,3-5,8,17H2,1-2H3,(H,18,19);1H. The number of benzene rings is 1. The number of halogens is 2. The molecule has 0 aromatic heterocycles. The maximum atomic E-state index is 13.2. The van der Waals surface area contributed by atoms with Crippen LogP contribution in [-0.2, 0) is 4.79 Å². The Kier molecular flexibility index (Phi) is 5.54. The SMILES string of the molecule is Cc1cc(NC(=O)C2CCCCC2(C)N)ccc1F.Cl. The summed E-state index contributed by atoms with van der Waals surface area (Å²) in [6.07, 6.45) is 3.80. The lowest BCUT2D eigenvalue weighted by Crippen LogP contribution is -2.51. The van der Waals surface area contributed by atoms with E-state index in [1.807, 2.05) is 6.92 Å². The summed E-state index contributed by atoms with van der Waals surface area (Å²) in [4.78, 5) is 12.3. The van der Waals surface area contributed by atoms with Crippen molar-refractivity contribution in [1.29, 1.82) is 0 Å². The van der Waals surface area contributed by atoms with Crippen LogP contribution >= 0.6 is 12.4 Å². The van der Waals surface area contributed by atoms with E-state index < -0.39 is 5.54 Å². The number of anilines is 1. The Morgan fingerprint density at radius 1 is 1.45 bits per heavy atom. The molecule has 2 unspecified atom stereocenters. The number of carbonyl (C=O) groups is 1. The van der Waals surface area contributed by atoms with E-state index in [-0.39, 0.29) is 30.0 Å². The van der Waals surface area contributed by atoms with Crippen LogP contribution < -0.4 is 11.1 Å². The molecule has 1 aliphatic carbocycles. The van der Waals surface area contributed by atoms with E-state index in [1.54, 1.807) is 19.1 Å². The van der Waals surface area contributed by atoms with Gasteiger partial charge in [-0.1, -0.05) is 12.8 Å². The summed E-state index contributed by atoms with van der Waals surface area (Å²) in [6, 6.07) is 4.59. The second-order valence-corrected chi connectivity index (χ2v) is 5.76. The molecular formula is C15H22ClFN2O. The van der Waals surface area contributed by atoms with E-state index in [2.05, 4.69) is 5.32 Å². The first-order valence-corrected chi connectivity index (χ1v) is 6.76. The topological polar surface area (TPSA) is 55.1 Å². The van der Waals surface area contributed by atoms with Gasteiger partial charge in [-0.05, 0) is 50.5 Å². The van der Waals surface area contributed by atoms with Crippen LogP contribution in [0.25, 0.3) is 0 Å². The fraction of sp³-hybridized carbons (Fsp3) is 0.533. The van der Waals surface area contributed by atoms with Crippen LogP contribution in [0.4, 0.5) is 10.1 Å². The van der Waals surface area contributed by atoms with E-state index in [9.17, 15) is 9.18 Å². The Bertz CT molecular complexity index is 491. The number of nitrogens with two attached hydrogens (primary N) is 1. The Labute approximate surface area is 125 Å². The van der Waals surface area contributed by atoms with Gasteiger partial charge in [-0.3, -0.25) is 4.79 Å². The van der Waals surface area contributed by atoms with Crippen LogP contribution in [0.3, 0.4) is 0 Å². The molecule has 2 rings (SSSR count). The Morgan fingerprint density at radius 3 is 2.75 bits per heavy atom. The molecule has 20 heavy (non-hydrogen) atoms. The molecular weight excluding hydrogens is 279 g/mol. The van der Waals surface area contributed by atoms with E-state index in [1.165, 1.54) is 6.07 Å². The second kappa shape index (κ2) is 6.55. The quantitative estimate of drug-likeness (QED) is 0.879. The smallest absolute Gasteiger partial charge is 0.229 e. The van der Waals surface area contributed by atoms with Crippen LogP contribution in [0.1, 0.15) is 38.2 Å². The monoisotopic (exact) mass is 300 g/mol. The summed E-state index contributed by atoms with van der Waals surface area (Å²) < 4.78 is 13.2. The van der Waals surface area contributed by atoms with Crippen LogP contribution in [0.2, 0.25) is 0 Å². The van der Waals surface area contributed by atoms with Crippen molar-refractivity contribution in [2.75, 3.05) is 5.32 Å². The van der Waals surface area contributed by atoms with Gasteiger partial charge in [-0.2, -0.15) is 0 Å². The first-order valence-electron chi connectivity index (χ1n) is 6.76. The van der Waals surface area contributed by atoms with Gasteiger partial charge in [-0.15, -0.1) is 12.4 Å². The number of aryl methyl sites for hydroxylation is 1. The number of nitrogens with one attached hydrogen (secondary N) is 1. The van der Waals surface area contributed by atoms with E-state index in [4.69, 9.17) is 5.73 Å². The normalized spacial score (nSPS) is 25.7. The molecule has 0 radical (unpaired) electrons. The van der Waals surface area contributed by atoms with Gasteiger partial charge in [-0.25, -0.2) is 4.39 Å². The first kappa shape index (κ1) is 16.9. The average Bonchev–Trinajstić information content (AvgIpc) is 2.33. The molecule has 1 fully saturated rings. The molecule has 0 spiro atoms. The molecule has 0 saturated heterocycles. The van der Waals surface area contributed by atoms with Crippen molar-refractivity contribution in [3.05, 3.63) is 29.6 Å². The van der Waals surface area contributed by atoms with Gasteiger partial charge in [0.2, 0.25) is 5.91 Å². The summed E-state index contributed by atoms with van der Waals surface area (Å²) in [7, 11) is 0. The van der Waals surface area contributed by atoms with Crippen molar-refractivity contribution >= 4 is 24.0 Å². The fourth-order valence-corrected chi connectivity index (χ4v) is 2.74. The summed E-state index contributed by atoms with van der Waals surface area (Å²) in [5, 5.41) is 2.85. The third-order valence-corrected chi connectivity index (χ3v) is 4.00. The molecule has 0 heterocycles. The van der Waals surface area contributed by atoms with Gasteiger partial charge in [0, 0.05) is 11.2 Å². The first-order chi connectivity index (χ1) is 8.90. The third-order valence-electron chi connectivity index (χ3n) is 4.00. The van der Waals surface area contributed by atoms with E-state index in [0.29, 0.717) is 11.3 Å². The summed E-state index contributed by atoms with van der Waals surface area (Å²) in [5.41, 5.74) is 6.92. The van der Waals surface area contributed by atoms with Crippen molar-refractivity contribution in [1.82, 2.24) is 0 Å². The molecule has 5 heteroatoms. The highest BCUT2D eigenvalue weighted by Crippen LogP contribution is 2.32. The van der Waals surface area contributed by atoms with Gasteiger partial charge < -0.3 is 11.1 Å². The van der Waals surface area contributed by atoms with Gasteiger partial charge in [0.15, 0.2) is 0 Å². The number of rotatable bonds is 2. The van der Waals surface area contributed by atoms with Crippen molar-refractivity contribution in [3.8, 4) is 0 Å². The van der Waals surface area contributed by atoms with Crippen LogP contribution in [0, 0.1) is 18.7 Å². The molecule has 2 atom stereocenters. The molecule has 1 aliphatic rings. The lowest BCUT2D eigenvalue weighted by Gasteiger charge is -2.37. The van der Waals surface area contributed by atoms with Crippen LogP contribution in [0.15, 0.2) is 18.2 Å². The van der Waals surface area contributed by atoms with Crippen molar-refractivity contribution in [2.24, 2.45) is 11.7 Å². The van der Waals surface area contributed by atoms with Gasteiger partial charge in [0.05, 0.1) is 5.92 Å². The van der Waals surface area contributed by atoms with E-state index in [0.717, 1.165) is 25.7 Å². The molecule has 1 aromatic carbocycles. The highest BCUT2D eigenvalue weighted by atomic mass is 35.5. The molecule has 0 aliphatic heterocycles. The number of hydrogen-bond acceptors (Lipinski definition) is 2. The minimum atomic E-state index is -0.447. The minimum absolute atomic E-state index is 0. The number of carbonyl (C=O) groups excluding carboxylic acids is 1. The maximum absolute atomic E-state index is 13.2. The maximum Gasteiger partial charge on any atom is 0.229 e. The number of hydrogen-bond donors (Lipinski definition) is 2. The summed E-state index contributed by atoms with van der Waals surface area (Å²) >= 11 is 0. The predicted octanol–water partition coefficient (Wildman–Crippen LogP) is 3.40. The lowest BCUT2D eigenvalue weighted by atomic mass is 9.74. The largest absolute Gasteiger partial charge is 0.326 e. The van der Waals surface area contributed by atoms with Crippen molar-refractivity contribution in [2.45, 2.75) is 45.1 Å². The summed E-state index contributed by atoms with van der Waals surface area (Å²) in [5.74, 6) is -0.498. The zero-order valence-corrected chi connectivity index (χ0v) is 12.7. The Balaban J connectivity index is 0.00000200. The average molecular weight is 301 g/mol. The zero-order valence-electron chi connectivity index (χ0n) is 11.9. The Hall–Kier alpha value is -1.13. The Morgan fingerprint density at radius 2 is 2.15 bits per heavy atom. The van der Waals surface area contributed by atoms with Crippen molar-refractivity contribution in [3.63, 3.8) is 0 Å². The fourth-order valence-electron chi connectivity index (χ4n) is 2.74. The predicted molar refractivity (Wildman–Crippen MR) is 81.6 cm³/mol. The molecule has 3 N–H and O–H groups in total. The zero-order chi connectivity index (χ0) is 14.0. The van der Waals surface area contributed by atoms with Crippen molar-refractivity contribution < 1.29 is 9.18 Å². The third kappa shape index (κ3) is 3.70. The highest BCUT2D eigenvalue weighted by Gasteiger charge is 2.37. The molecule has 112 valence electrons. The van der Waals surface area contributed by atoms with Crippen LogP contribution in [-0.4, -0.2) is 11.4 Å². The molecule has 1 amide bonds. The molecule has 1 saturated carbocycles. The van der Waals surface area contributed by atoms with E-state index >= 15 is 0 Å². The van der Waals surface area contributed by atoms with Gasteiger partial charge >= 0.3 is 0 Å². The van der Waals surface area contributed by atoms with Gasteiger partial charge in [0.25, 0.3) is 0 Å². The molecule has 0 bridgehead atoms. The van der Waals surface area contributed by atoms with Gasteiger partial charge in [0.1, 0.15) is 5.82 Å². The lowest BCUT2D eigenvalue weighted by molar-refractivity contribution is -0.122.